The maximum absolute atomic E-state index is 13.1. The second kappa shape index (κ2) is 9.86. The summed E-state index contributed by atoms with van der Waals surface area (Å²) >= 11 is 1.43. The van der Waals surface area contributed by atoms with Gasteiger partial charge >= 0.3 is 0 Å². The fraction of sp³-hybridized carbons (Fsp3) is 0.304. The van der Waals surface area contributed by atoms with Crippen LogP contribution in [0.4, 0.5) is 5.69 Å². The quantitative estimate of drug-likeness (QED) is 0.388. The Hall–Kier alpha value is -3.66. The summed E-state index contributed by atoms with van der Waals surface area (Å²) in [7, 11) is 1.56. The number of benzene rings is 2. The summed E-state index contributed by atoms with van der Waals surface area (Å²) in [5.41, 5.74) is 1.78. The maximum atomic E-state index is 13.1. The third-order valence-corrected chi connectivity index (χ3v) is 5.78. The zero-order chi connectivity index (χ0) is 23.4. The highest BCUT2D eigenvalue weighted by molar-refractivity contribution is 7.19. The monoisotopic (exact) mass is 467 g/mol. The van der Waals surface area contributed by atoms with Crippen LogP contribution in [0.5, 0.6) is 17.2 Å². The molecular weight excluding hydrogens is 442 g/mol. The van der Waals surface area contributed by atoms with Gasteiger partial charge in [0.1, 0.15) is 22.3 Å². The fourth-order valence-electron chi connectivity index (χ4n) is 3.33. The summed E-state index contributed by atoms with van der Waals surface area (Å²) in [6.45, 7) is 6.75. The molecule has 4 aromatic rings. The highest BCUT2D eigenvalue weighted by atomic mass is 32.1. The highest BCUT2D eigenvalue weighted by Crippen LogP contribution is 2.33. The van der Waals surface area contributed by atoms with Crippen molar-refractivity contribution in [2.24, 2.45) is 0 Å². The van der Waals surface area contributed by atoms with Crippen LogP contribution in [-0.4, -0.2) is 46.0 Å². The van der Waals surface area contributed by atoms with Crippen molar-refractivity contribution >= 4 is 27.9 Å². The summed E-state index contributed by atoms with van der Waals surface area (Å²) in [5.74, 6) is 2.17. The van der Waals surface area contributed by atoms with E-state index >= 15 is 0 Å². The van der Waals surface area contributed by atoms with E-state index in [0.29, 0.717) is 41.7 Å². The van der Waals surface area contributed by atoms with Gasteiger partial charge in [-0.25, -0.2) is 0 Å². The number of hydrogen-bond donors (Lipinski definition) is 1. The van der Waals surface area contributed by atoms with E-state index in [-0.39, 0.29) is 5.91 Å². The molecule has 0 aliphatic rings. The number of rotatable bonds is 9. The highest BCUT2D eigenvalue weighted by Gasteiger charge is 2.17. The number of methoxy groups -OCH3 is 1. The molecule has 10 heteroatoms. The molecule has 9 nitrogen and oxygen atoms in total. The molecule has 0 bridgehead atoms. The summed E-state index contributed by atoms with van der Waals surface area (Å²) in [6.07, 6.45) is 0.735. The number of ether oxygens (including phenoxy) is 3. The lowest BCUT2D eigenvalue weighted by molar-refractivity contribution is 0.102. The molecule has 0 saturated carbocycles. The van der Waals surface area contributed by atoms with Gasteiger partial charge in [-0.15, -0.1) is 10.2 Å². The van der Waals surface area contributed by atoms with Crippen LogP contribution >= 0.6 is 11.3 Å². The Balaban J connectivity index is 1.65. The SMILES string of the molecule is CCOc1cc(OCC)cc(C(=O)Nc2cc(-c3nn4c(CC)nnc4s3)ccc2OC)c1. The van der Waals surface area contributed by atoms with Crippen LogP contribution in [0.1, 0.15) is 37.0 Å². The summed E-state index contributed by atoms with van der Waals surface area (Å²) in [4.78, 5) is 13.8. The minimum atomic E-state index is -0.306. The van der Waals surface area contributed by atoms with Gasteiger partial charge < -0.3 is 19.5 Å². The van der Waals surface area contributed by atoms with E-state index in [1.807, 2.05) is 32.9 Å². The summed E-state index contributed by atoms with van der Waals surface area (Å²) < 4.78 is 18.4. The molecule has 4 rings (SSSR count). The van der Waals surface area contributed by atoms with Gasteiger partial charge in [0.2, 0.25) is 4.96 Å². The van der Waals surface area contributed by atoms with Crippen molar-refractivity contribution in [3.63, 3.8) is 0 Å². The molecule has 0 saturated heterocycles. The van der Waals surface area contributed by atoms with Crippen LogP contribution < -0.4 is 19.5 Å². The Morgan fingerprint density at radius 3 is 2.39 bits per heavy atom. The van der Waals surface area contributed by atoms with Crippen LogP contribution in [0, 0.1) is 0 Å². The van der Waals surface area contributed by atoms with Crippen molar-refractivity contribution in [3.05, 3.63) is 47.8 Å². The standard InChI is InChI=1S/C23H25N5O4S/c1-5-20-25-26-23-28(20)27-22(33-23)14-8-9-19(30-4)18(12-14)24-21(29)15-10-16(31-6-2)13-17(11-15)32-7-3/h8-13H,5-7H2,1-4H3,(H,24,29). The predicted molar refractivity (Wildman–Crippen MR) is 127 cm³/mol. The predicted octanol–water partition coefficient (Wildman–Crippen LogP) is 4.47. The van der Waals surface area contributed by atoms with Gasteiger partial charge in [-0.3, -0.25) is 4.79 Å². The van der Waals surface area contributed by atoms with Crippen LogP contribution in [-0.2, 0) is 6.42 Å². The van der Waals surface area contributed by atoms with E-state index in [9.17, 15) is 4.79 Å². The third kappa shape index (κ3) is 4.75. The smallest absolute Gasteiger partial charge is 0.256 e. The average Bonchev–Trinajstić information content (AvgIpc) is 3.40. The minimum absolute atomic E-state index is 0.306. The molecule has 0 unspecified atom stereocenters. The third-order valence-electron chi connectivity index (χ3n) is 4.83. The van der Waals surface area contributed by atoms with Gasteiger partial charge in [-0.05, 0) is 44.2 Å². The number of carbonyl (C=O) groups excluding carboxylic acids is 1. The molecule has 33 heavy (non-hydrogen) atoms. The van der Waals surface area contributed by atoms with E-state index in [4.69, 9.17) is 14.2 Å². The molecule has 2 heterocycles. The van der Waals surface area contributed by atoms with Crippen molar-refractivity contribution in [1.82, 2.24) is 19.8 Å². The van der Waals surface area contributed by atoms with Gasteiger partial charge in [0.25, 0.3) is 5.91 Å². The number of aromatic nitrogens is 4. The molecule has 0 aliphatic carbocycles. The summed E-state index contributed by atoms with van der Waals surface area (Å²) in [5, 5.41) is 16.7. The topological polar surface area (TPSA) is 99.9 Å². The normalized spacial score (nSPS) is 10.9. The van der Waals surface area contributed by atoms with E-state index in [1.54, 1.807) is 35.9 Å². The van der Waals surface area contributed by atoms with Crippen LogP contribution in [0.15, 0.2) is 36.4 Å². The Kier molecular flexibility index (Phi) is 6.74. The van der Waals surface area contributed by atoms with Gasteiger partial charge in [0, 0.05) is 23.6 Å². The summed E-state index contributed by atoms with van der Waals surface area (Å²) in [6, 6.07) is 10.7. The molecule has 0 radical (unpaired) electrons. The lowest BCUT2D eigenvalue weighted by Gasteiger charge is -2.13. The Bertz CT molecular complexity index is 1260. The lowest BCUT2D eigenvalue weighted by Crippen LogP contribution is -2.13. The Morgan fingerprint density at radius 1 is 1.03 bits per heavy atom. The lowest BCUT2D eigenvalue weighted by atomic mass is 10.1. The van der Waals surface area contributed by atoms with Gasteiger partial charge in [0.15, 0.2) is 5.82 Å². The van der Waals surface area contributed by atoms with Crippen molar-refractivity contribution < 1.29 is 19.0 Å². The first kappa shape index (κ1) is 22.5. The van der Waals surface area contributed by atoms with Crippen LogP contribution in [0.3, 0.4) is 0 Å². The number of nitrogens with one attached hydrogen (secondary N) is 1. The van der Waals surface area contributed by atoms with E-state index < -0.39 is 0 Å². The number of hydrogen-bond acceptors (Lipinski definition) is 8. The number of carbonyl (C=O) groups is 1. The molecule has 0 fully saturated rings. The first-order valence-electron chi connectivity index (χ1n) is 10.7. The average molecular weight is 468 g/mol. The van der Waals surface area contributed by atoms with Crippen molar-refractivity contribution in [1.29, 1.82) is 0 Å². The first-order valence-corrected chi connectivity index (χ1v) is 11.5. The van der Waals surface area contributed by atoms with E-state index in [2.05, 4.69) is 20.6 Å². The number of nitrogens with zero attached hydrogens (tertiary/aromatic N) is 4. The fourth-order valence-corrected chi connectivity index (χ4v) is 4.19. The maximum Gasteiger partial charge on any atom is 0.256 e. The largest absolute Gasteiger partial charge is 0.495 e. The minimum Gasteiger partial charge on any atom is -0.495 e. The molecule has 0 atom stereocenters. The van der Waals surface area contributed by atoms with Crippen molar-refractivity contribution in [2.45, 2.75) is 27.2 Å². The van der Waals surface area contributed by atoms with Gasteiger partial charge in [0.05, 0.1) is 26.0 Å². The molecule has 2 aromatic carbocycles. The number of anilines is 1. The van der Waals surface area contributed by atoms with Crippen LogP contribution in [0.25, 0.3) is 15.5 Å². The van der Waals surface area contributed by atoms with Gasteiger partial charge in [-0.1, -0.05) is 18.3 Å². The molecule has 1 amide bonds. The molecule has 0 aliphatic heterocycles. The molecule has 2 aromatic heterocycles. The van der Waals surface area contributed by atoms with Crippen LogP contribution in [0.2, 0.25) is 0 Å². The van der Waals surface area contributed by atoms with E-state index in [1.165, 1.54) is 11.3 Å². The first-order chi connectivity index (χ1) is 16.1. The number of amides is 1. The second-order valence-electron chi connectivity index (χ2n) is 7.00. The second-order valence-corrected chi connectivity index (χ2v) is 7.96. The van der Waals surface area contributed by atoms with Gasteiger partial charge in [-0.2, -0.15) is 9.61 Å². The number of fused-ring (bicyclic) bond motifs is 1. The molecule has 172 valence electrons. The van der Waals surface area contributed by atoms with Crippen molar-refractivity contribution in [3.8, 4) is 27.8 Å². The zero-order valence-electron chi connectivity index (χ0n) is 18.9. The van der Waals surface area contributed by atoms with E-state index in [0.717, 1.165) is 27.8 Å². The number of aryl methyl sites for hydroxylation is 1. The Morgan fingerprint density at radius 2 is 1.76 bits per heavy atom. The van der Waals surface area contributed by atoms with Crippen molar-refractivity contribution in [2.75, 3.05) is 25.6 Å². The molecule has 0 spiro atoms. The zero-order valence-corrected chi connectivity index (χ0v) is 19.7. The molecule has 1 N–H and O–H groups in total. The Labute approximate surface area is 195 Å². The molecular formula is C23H25N5O4S.